The normalized spacial score (nSPS) is 14.0. The van der Waals surface area contributed by atoms with Crippen molar-refractivity contribution in [1.82, 2.24) is 0 Å². The van der Waals surface area contributed by atoms with Crippen LogP contribution in [-0.4, -0.2) is 96.7 Å². The van der Waals surface area contributed by atoms with Gasteiger partial charge in [-0.2, -0.15) is 0 Å². The first-order chi connectivity index (χ1) is 47.2. The van der Waals surface area contributed by atoms with Gasteiger partial charge in [-0.25, -0.2) is 9.13 Å². The molecule has 0 aromatic heterocycles. The number of esters is 4. The van der Waals surface area contributed by atoms with Crippen molar-refractivity contribution in [1.29, 1.82) is 0 Å². The summed E-state index contributed by atoms with van der Waals surface area (Å²) in [6.07, 6.45) is 56.8. The molecule has 5 atom stereocenters. The van der Waals surface area contributed by atoms with Gasteiger partial charge in [0.2, 0.25) is 0 Å². The minimum atomic E-state index is -4.96. The third-order valence-corrected chi connectivity index (χ3v) is 20.3. The zero-order valence-electron chi connectivity index (χ0n) is 64.3. The highest BCUT2D eigenvalue weighted by atomic mass is 31.2. The Balaban J connectivity index is 5.25. The molecule has 2 unspecified atom stereocenters. The van der Waals surface area contributed by atoms with E-state index in [1.54, 1.807) is 0 Å². The van der Waals surface area contributed by atoms with Crippen LogP contribution in [0.3, 0.4) is 0 Å². The second-order valence-corrected chi connectivity index (χ2v) is 32.8. The van der Waals surface area contributed by atoms with Crippen LogP contribution >= 0.6 is 15.6 Å². The van der Waals surface area contributed by atoms with Gasteiger partial charge in [0, 0.05) is 25.7 Å². The van der Waals surface area contributed by atoms with Crippen molar-refractivity contribution >= 4 is 39.5 Å². The molecule has 3 N–H and O–H groups in total. The third-order valence-electron chi connectivity index (χ3n) is 18.4. The summed E-state index contributed by atoms with van der Waals surface area (Å²) in [6.45, 7) is 12.0. The number of aliphatic hydroxyl groups is 1. The van der Waals surface area contributed by atoms with Gasteiger partial charge in [-0.05, 0) is 43.4 Å². The van der Waals surface area contributed by atoms with E-state index in [0.717, 1.165) is 108 Å². The van der Waals surface area contributed by atoms with E-state index in [9.17, 15) is 43.2 Å². The molecule has 0 radical (unpaired) electrons. The molecule has 0 heterocycles. The molecule has 0 bridgehead atoms. The number of phosphoric acid groups is 2. The quantitative estimate of drug-likeness (QED) is 0.0222. The third kappa shape index (κ3) is 72.4. The van der Waals surface area contributed by atoms with Crippen LogP contribution < -0.4 is 0 Å². The number of hydrogen-bond acceptors (Lipinski definition) is 15. The van der Waals surface area contributed by atoms with E-state index in [4.69, 9.17) is 37.0 Å². The number of rotatable bonds is 77. The van der Waals surface area contributed by atoms with Gasteiger partial charge in [0.1, 0.15) is 19.3 Å². The monoisotopic (exact) mass is 1440 g/mol. The maximum Gasteiger partial charge on any atom is 0.472 e. The van der Waals surface area contributed by atoms with Crippen molar-refractivity contribution in [2.75, 3.05) is 39.6 Å². The molecule has 0 aromatic carbocycles. The minimum Gasteiger partial charge on any atom is -0.462 e. The molecule has 0 aromatic rings. The topological polar surface area (TPSA) is 237 Å². The van der Waals surface area contributed by atoms with Crippen molar-refractivity contribution < 1.29 is 80.2 Å². The van der Waals surface area contributed by atoms with Gasteiger partial charge in [0.15, 0.2) is 12.2 Å². The van der Waals surface area contributed by atoms with Crippen LogP contribution in [-0.2, 0) is 65.4 Å². The Morgan fingerprint density at radius 3 is 0.694 bits per heavy atom. The second kappa shape index (κ2) is 69.4. The molecule has 98 heavy (non-hydrogen) atoms. The Morgan fingerprint density at radius 2 is 0.469 bits per heavy atom. The number of carbonyl (C=O) groups is 4. The van der Waals surface area contributed by atoms with E-state index < -0.39 is 97.5 Å². The fourth-order valence-electron chi connectivity index (χ4n) is 12.1. The number of phosphoric ester groups is 2. The van der Waals surface area contributed by atoms with Gasteiger partial charge < -0.3 is 33.8 Å². The van der Waals surface area contributed by atoms with Gasteiger partial charge in [0.25, 0.3) is 0 Å². The molecule has 0 spiro atoms. The number of ether oxygens (including phenoxy) is 4. The van der Waals surface area contributed by atoms with Crippen molar-refractivity contribution in [3.05, 3.63) is 0 Å². The molecule has 0 aliphatic rings. The molecular weight excluding hydrogens is 1280 g/mol. The summed E-state index contributed by atoms with van der Waals surface area (Å²) >= 11 is 0. The largest absolute Gasteiger partial charge is 0.472 e. The van der Waals surface area contributed by atoms with Gasteiger partial charge in [-0.1, -0.05) is 357 Å². The van der Waals surface area contributed by atoms with Crippen molar-refractivity contribution in [3.8, 4) is 0 Å². The molecule has 0 rings (SSSR count). The van der Waals surface area contributed by atoms with E-state index in [2.05, 4.69) is 48.5 Å². The lowest BCUT2D eigenvalue weighted by atomic mass is 10.0. The zero-order chi connectivity index (χ0) is 72.3. The highest BCUT2D eigenvalue weighted by Gasteiger charge is 2.30. The highest BCUT2D eigenvalue weighted by molar-refractivity contribution is 7.47. The molecule has 17 nitrogen and oxygen atoms in total. The number of aliphatic hydroxyl groups excluding tert-OH is 1. The van der Waals surface area contributed by atoms with Crippen LogP contribution in [0.15, 0.2) is 0 Å². The van der Waals surface area contributed by atoms with Crippen LogP contribution in [0.2, 0.25) is 0 Å². The summed E-state index contributed by atoms with van der Waals surface area (Å²) < 4.78 is 68.7. The Kier molecular flexibility index (Phi) is 68.1. The van der Waals surface area contributed by atoms with Crippen LogP contribution in [0.4, 0.5) is 0 Å². The van der Waals surface area contributed by atoms with Crippen LogP contribution in [0, 0.1) is 17.8 Å². The molecule has 0 aliphatic heterocycles. The molecular formula is C79H154O17P2. The first kappa shape index (κ1) is 96.1. The average molecular weight is 1440 g/mol. The van der Waals surface area contributed by atoms with Crippen LogP contribution in [0.5, 0.6) is 0 Å². The molecule has 0 aliphatic carbocycles. The van der Waals surface area contributed by atoms with E-state index in [0.29, 0.717) is 25.7 Å². The Hall–Kier alpha value is -1.94. The zero-order valence-corrected chi connectivity index (χ0v) is 66.0. The van der Waals surface area contributed by atoms with E-state index in [-0.39, 0.29) is 25.7 Å². The van der Waals surface area contributed by atoms with Crippen LogP contribution in [0.1, 0.15) is 408 Å². The lowest BCUT2D eigenvalue weighted by Crippen LogP contribution is -2.30. The number of unbranched alkanes of at least 4 members (excludes halogenated alkanes) is 45. The lowest BCUT2D eigenvalue weighted by molar-refractivity contribution is -0.161. The predicted octanol–water partition coefficient (Wildman–Crippen LogP) is 23.4. The molecule has 19 heteroatoms. The average Bonchev–Trinajstić information content (AvgIpc) is 1.25. The maximum absolute atomic E-state index is 13.1. The van der Waals surface area contributed by atoms with Gasteiger partial charge in [-0.15, -0.1) is 0 Å². The first-order valence-corrected chi connectivity index (χ1v) is 43.8. The number of hydrogen-bond donors (Lipinski definition) is 3. The summed E-state index contributed by atoms with van der Waals surface area (Å²) in [5, 5.41) is 10.6. The van der Waals surface area contributed by atoms with E-state index >= 15 is 0 Å². The van der Waals surface area contributed by atoms with Crippen molar-refractivity contribution in [3.63, 3.8) is 0 Å². The van der Waals surface area contributed by atoms with E-state index in [1.807, 2.05) is 0 Å². The SMILES string of the molecule is CCCCCCCCCCCCCC(=O)OC[C@H](COP(=O)(O)OC[C@H](O)COP(=O)(O)OC[C@@H](COC(=O)CCCCCCCCCCCCCCCCC(C)C)OC(=O)CCCCCCCCCCCCCCCCC(C)C)OC(=O)CCCCCCCCCCCCC(C)C. The standard InChI is InChI=1S/C79H154O17P2/c1-8-9-10-11-12-13-22-32-39-46-53-60-76(81)89-66-75(96-79(84)63-56-49-42-35-28-27-31-38-45-52-59-72(6)7)69-94-98(87,88)92-65-73(80)64-91-97(85,86)93-68-74(95-78(83)62-55-48-41-34-26-21-17-15-19-24-30-37-44-51-58-71(4)5)67-90-77(82)61-54-47-40-33-25-20-16-14-18-23-29-36-43-50-57-70(2)3/h70-75,80H,8-69H2,1-7H3,(H,85,86)(H,87,88)/t73-,74-,75-/m1/s1. The molecule has 0 fully saturated rings. The van der Waals surface area contributed by atoms with Gasteiger partial charge in [-0.3, -0.25) is 37.3 Å². The predicted molar refractivity (Wildman–Crippen MR) is 400 cm³/mol. The van der Waals surface area contributed by atoms with Gasteiger partial charge >= 0.3 is 39.5 Å². The molecule has 0 amide bonds. The second-order valence-electron chi connectivity index (χ2n) is 29.9. The first-order valence-electron chi connectivity index (χ1n) is 40.8. The Bertz CT molecular complexity index is 1900. The summed E-state index contributed by atoms with van der Waals surface area (Å²) in [5.74, 6) is 0.234. The fraction of sp³-hybridized carbons (Fsp3) is 0.949. The minimum absolute atomic E-state index is 0.106. The van der Waals surface area contributed by atoms with Crippen LogP contribution in [0.25, 0.3) is 0 Å². The summed E-state index contributed by atoms with van der Waals surface area (Å²) in [4.78, 5) is 73.0. The summed E-state index contributed by atoms with van der Waals surface area (Å²) in [6, 6.07) is 0. The van der Waals surface area contributed by atoms with Gasteiger partial charge in [0.05, 0.1) is 26.4 Å². The lowest BCUT2D eigenvalue weighted by Gasteiger charge is -2.21. The number of carbonyl (C=O) groups excluding carboxylic acids is 4. The Morgan fingerprint density at radius 1 is 0.276 bits per heavy atom. The summed E-state index contributed by atoms with van der Waals surface area (Å²) in [7, 11) is -9.92. The summed E-state index contributed by atoms with van der Waals surface area (Å²) in [5.41, 5.74) is 0. The highest BCUT2D eigenvalue weighted by Crippen LogP contribution is 2.45. The van der Waals surface area contributed by atoms with E-state index in [1.165, 1.54) is 218 Å². The smallest absolute Gasteiger partial charge is 0.462 e. The van der Waals surface area contributed by atoms with Crippen molar-refractivity contribution in [2.45, 2.75) is 426 Å². The maximum atomic E-state index is 13.1. The van der Waals surface area contributed by atoms with Crippen molar-refractivity contribution in [2.24, 2.45) is 17.8 Å². The fourth-order valence-corrected chi connectivity index (χ4v) is 13.7. The molecule has 582 valence electrons. The molecule has 0 saturated heterocycles. The Labute approximate surface area is 600 Å². The molecule has 0 saturated carbocycles.